The number of carbonyl (C=O) groups is 1. The van der Waals surface area contributed by atoms with Gasteiger partial charge in [-0.3, -0.25) is 0 Å². The van der Waals surface area contributed by atoms with Gasteiger partial charge in [0, 0.05) is 12.1 Å². The summed E-state index contributed by atoms with van der Waals surface area (Å²) in [6, 6.07) is 0.226. The summed E-state index contributed by atoms with van der Waals surface area (Å²) in [5, 5.41) is 10.9. The Balaban J connectivity index is 2.40. The molecule has 0 saturated heterocycles. The van der Waals surface area contributed by atoms with Gasteiger partial charge in [0.05, 0.1) is 0 Å². The molecule has 0 spiro atoms. The van der Waals surface area contributed by atoms with E-state index in [1.165, 1.54) is 0 Å². The first-order valence-electron chi connectivity index (χ1n) is 3.84. The Morgan fingerprint density at radius 3 is 2.64 bits per heavy atom. The van der Waals surface area contributed by atoms with Crippen LogP contribution < -0.4 is 11.1 Å². The Kier molecular flexibility index (Phi) is 2.34. The van der Waals surface area contributed by atoms with Gasteiger partial charge in [-0.1, -0.05) is 6.92 Å². The van der Waals surface area contributed by atoms with Crippen molar-refractivity contribution in [3.05, 3.63) is 0 Å². The van der Waals surface area contributed by atoms with Crippen molar-refractivity contribution in [1.82, 2.24) is 5.32 Å². The van der Waals surface area contributed by atoms with E-state index in [4.69, 9.17) is 10.8 Å². The van der Waals surface area contributed by atoms with E-state index in [1.807, 2.05) is 6.92 Å². The SMILES string of the molecule is CC1CC(N)CC1NC(=O)O. The van der Waals surface area contributed by atoms with Gasteiger partial charge in [0.2, 0.25) is 0 Å². The lowest BCUT2D eigenvalue weighted by Gasteiger charge is -2.13. The van der Waals surface area contributed by atoms with Crippen LogP contribution >= 0.6 is 0 Å². The second kappa shape index (κ2) is 3.09. The zero-order chi connectivity index (χ0) is 8.43. The predicted octanol–water partition coefficient (Wildman–Crippen LogP) is 0.380. The van der Waals surface area contributed by atoms with Gasteiger partial charge in [0.25, 0.3) is 0 Å². The number of nitrogens with one attached hydrogen (secondary N) is 1. The third-order valence-corrected chi connectivity index (χ3v) is 2.23. The van der Waals surface area contributed by atoms with Gasteiger partial charge < -0.3 is 16.2 Å². The maximum Gasteiger partial charge on any atom is 0.404 e. The average Bonchev–Trinajstić information content (AvgIpc) is 2.09. The molecule has 0 heterocycles. The summed E-state index contributed by atoms with van der Waals surface area (Å²) in [6.45, 7) is 2.02. The Labute approximate surface area is 65.8 Å². The second-order valence-corrected chi connectivity index (χ2v) is 3.26. The second-order valence-electron chi connectivity index (χ2n) is 3.26. The van der Waals surface area contributed by atoms with Crippen LogP contribution in [0.3, 0.4) is 0 Å². The summed E-state index contributed by atoms with van der Waals surface area (Å²) < 4.78 is 0. The molecule has 0 bridgehead atoms. The summed E-state index contributed by atoms with van der Waals surface area (Å²) in [7, 11) is 0. The van der Waals surface area contributed by atoms with Crippen molar-refractivity contribution in [1.29, 1.82) is 0 Å². The lowest BCUT2D eigenvalue weighted by Crippen LogP contribution is -2.35. The highest BCUT2D eigenvalue weighted by molar-refractivity contribution is 5.64. The molecular weight excluding hydrogens is 144 g/mol. The van der Waals surface area contributed by atoms with E-state index in [-0.39, 0.29) is 12.1 Å². The Bertz CT molecular complexity index is 161. The molecule has 0 aromatic heterocycles. The first kappa shape index (κ1) is 8.33. The molecule has 1 saturated carbocycles. The molecule has 4 nitrogen and oxygen atoms in total. The molecule has 1 aliphatic rings. The molecule has 3 atom stereocenters. The van der Waals surface area contributed by atoms with E-state index < -0.39 is 6.09 Å². The van der Waals surface area contributed by atoms with E-state index in [0.29, 0.717) is 5.92 Å². The minimum atomic E-state index is -0.948. The Hall–Kier alpha value is -0.770. The topological polar surface area (TPSA) is 75.3 Å². The highest BCUT2D eigenvalue weighted by Crippen LogP contribution is 2.23. The van der Waals surface area contributed by atoms with E-state index in [1.54, 1.807) is 0 Å². The molecule has 1 rings (SSSR count). The molecule has 64 valence electrons. The average molecular weight is 158 g/mol. The van der Waals surface area contributed by atoms with Crippen LogP contribution in [0.5, 0.6) is 0 Å². The van der Waals surface area contributed by atoms with Crippen molar-refractivity contribution in [2.75, 3.05) is 0 Å². The normalized spacial score (nSPS) is 37.1. The first-order chi connectivity index (χ1) is 5.09. The minimum Gasteiger partial charge on any atom is -0.465 e. The molecule has 0 aromatic rings. The van der Waals surface area contributed by atoms with Crippen molar-refractivity contribution in [2.24, 2.45) is 11.7 Å². The molecule has 4 N–H and O–H groups in total. The smallest absolute Gasteiger partial charge is 0.404 e. The Morgan fingerprint density at radius 2 is 2.27 bits per heavy atom. The maximum absolute atomic E-state index is 10.3. The fourth-order valence-electron chi connectivity index (χ4n) is 1.66. The molecule has 0 aliphatic heterocycles. The number of carboxylic acid groups (broad SMARTS) is 1. The van der Waals surface area contributed by atoms with Crippen LogP contribution in [-0.2, 0) is 0 Å². The molecule has 3 unspecified atom stereocenters. The van der Waals surface area contributed by atoms with Crippen LogP contribution in [0.15, 0.2) is 0 Å². The summed E-state index contributed by atoms with van der Waals surface area (Å²) in [6.07, 6.45) is 0.745. The van der Waals surface area contributed by atoms with E-state index in [9.17, 15) is 4.79 Å². The fourth-order valence-corrected chi connectivity index (χ4v) is 1.66. The highest BCUT2D eigenvalue weighted by atomic mass is 16.4. The van der Waals surface area contributed by atoms with Crippen molar-refractivity contribution < 1.29 is 9.90 Å². The van der Waals surface area contributed by atoms with Crippen LogP contribution in [0.2, 0.25) is 0 Å². The molecule has 4 heteroatoms. The van der Waals surface area contributed by atoms with Gasteiger partial charge in [-0.25, -0.2) is 4.79 Å². The third kappa shape index (κ3) is 2.08. The summed E-state index contributed by atoms with van der Waals surface area (Å²) >= 11 is 0. The van der Waals surface area contributed by atoms with E-state index >= 15 is 0 Å². The fraction of sp³-hybridized carbons (Fsp3) is 0.857. The quantitative estimate of drug-likeness (QED) is 0.516. The van der Waals surface area contributed by atoms with E-state index in [2.05, 4.69) is 5.32 Å². The summed E-state index contributed by atoms with van der Waals surface area (Å²) in [5.74, 6) is 0.376. The van der Waals surface area contributed by atoms with Gasteiger partial charge in [-0.2, -0.15) is 0 Å². The zero-order valence-corrected chi connectivity index (χ0v) is 6.58. The van der Waals surface area contributed by atoms with Gasteiger partial charge in [-0.15, -0.1) is 0 Å². The maximum atomic E-state index is 10.3. The molecular formula is C7H14N2O2. The Morgan fingerprint density at radius 1 is 1.64 bits per heavy atom. The third-order valence-electron chi connectivity index (χ3n) is 2.23. The standard InChI is InChI=1S/C7H14N2O2/c1-4-2-5(8)3-6(4)9-7(10)11/h4-6,9H,2-3,8H2,1H3,(H,10,11). The summed E-state index contributed by atoms with van der Waals surface area (Å²) in [4.78, 5) is 10.3. The monoisotopic (exact) mass is 158 g/mol. The number of amides is 1. The van der Waals surface area contributed by atoms with Crippen LogP contribution in [0.25, 0.3) is 0 Å². The molecule has 1 amide bonds. The number of hydrogen-bond donors (Lipinski definition) is 3. The summed E-state index contributed by atoms with van der Waals surface area (Å²) in [5.41, 5.74) is 5.66. The van der Waals surface area contributed by atoms with Crippen LogP contribution in [0, 0.1) is 5.92 Å². The van der Waals surface area contributed by atoms with Gasteiger partial charge in [0.1, 0.15) is 0 Å². The minimum absolute atomic E-state index is 0.0579. The molecule has 1 fully saturated rings. The van der Waals surface area contributed by atoms with Crippen molar-refractivity contribution in [3.63, 3.8) is 0 Å². The lowest BCUT2D eigenvalue weighted by atomic mass is 10.1. The lowest BCUT2D eigenvalue weighted by molar-refractivity contribution is 0.187. The number of rotatable bonds is 1. The molecule has 0 radical (unpaired) electrons. The zero-order valence-electron chi connectivity index (χ0n) is 6.58. The van der Waals surface area contributed by atoms with Gasteiger partial charge in [0.15, 0.2) is 0 Å². The molecule has 1 aliphatic carbocycles. The van der Waals surface area contributed by atoms with E-state index in [0.717, 1.165) is 12.8 Å². The largest absolute Gasteiger partial charge is 0.465 e. The van der Waals surface area contributed by atoms with Crippen molar-refractivity contribution in [2.45, 2.75) is 31.8 Å². The van der Waals surface area contributed by atoms with Crippen LogP contribution in [-0.4, -0.2) is 23.3 Å². The predicted molar refractivity (Wildman–Crippen MR) is 41.3 cm³/mol. The number of hydrogen-bond acceptors (Lipinski definition) is 2. The van der Waals surface area contributed by atoms with Gasteiger partial charge >= 0.3 is 6.09 Å². The first-order valence-corrected chi connectivity index (χ1v) is 3.84. The molecule has 0 aromatic carbocycles. The number of nitrogens with two attached hydrogens (primary N) is 1. The highest BCUT2D eigenvalue weighted by Gasteiger charge is 2.29. The van der Waals surface area contributed by atoms with Crippen molar-refractivity contribution >= 4 is 6.09 Å². The molecule has 11 heavy (non-hydrogen) atoms. The van der Waals surface area contributed by atoms with Crippen molar-refractivity contribution in [3.8, 4) is 0 Å². The van der Waals surface area contributed by atoms with Crippen LogP contribution in [0.4, 0.5) is 4.79 Å². The van der Waals surface area contributed by atoms with Crippen LogP contribution in [0.1, 0.15) is 19.8 Å². The van der Waals surface area contributed by atoms with Gasteiger partial charge in [-0.05, 0) is 18.8 Å².